The molecule has 0 aliphatic rings. The summed E-state index contributed by atoms with van der Waals surface area (Å²) < 4.78 is 0.978. The maximum absolute atomic E-state index is 4.64. The van der Waals surface area contributed by atoms with Crippen LogP contribution in [-0.4, -0.2) is 47.0 Å². The van der Waals surface area contributed by atoms with Gasteiger partial charge in [0.1, 0.15) is 5.82 Å². The lowest BCUT2D eigenvalue weighted by Crippen LogP contribution is -2.21. The lowest BCUT2D eigenvalue weighted by molar-refractivity contribution is 0.425. The Hall–Kier alpha value is -2.51. The summed E-state index contributed by atoms with van der Waals surface area (Å²) in [6.07, 6.45) is 3.52. The van der Waals surface area contributed by atoms with Crippen molar-refractivity contribution in [1.29, 1.82) is 0 Å². The van der Waals surface area contributed by atoms with Gasteiger partial charge in [-0.2, -0.15) is 4.98 Å². The minimum atomic E-state index is 0.593. The highest BCUT2D eigenvalue weighted by Crippen LogP contribution is 2.27. The fraction of sp³-hybridized carbons (Fsp3) is 0.211. The van der Waals surface area contributed by atoms with E-state index in [1.165, 1.54) is 0 Å². The SMILES string of the molecule is CN(C)CCNc1nc(Nc2ccccc2Br)cc(-c2ccncc2)n1. The third-order valence-corrected chi connectivity index (χ3v) is 4.37. The first-order valence-corrected chi connectivity index (χ1v) is 9.11. The molecule has 0 saturated carbocycles. The highest BCUT2D eigenvalue weighted by molar-refractivity contribution is 9.10. The second-order valence-corrected chi connectivity index (χ2v) is 6.89. The molecule has 0 fully saturated rings. The predicted octanol–water partition coefficient (Wildman–Crippen LogP) is 4.02. The van der Waals surface area contributed by atoms with E-state index in [-0.39, 0.29) is 0 Å². The lowest BCUT2D eigenvalue weighted by atomic mass is 10.2. The molecule has 0 atom stereocenters. The molecule has 0 unspecified atom stereocenters. The minimum Gasteiger partial charge on any atom is -0.353 e. The quantitative estimate of drug-likeness (QED) is 0.610. The molecular formula is C19H21BrN6. The summed E-state index contributed by atoms with van der Waals surface area (Å²) in [5.41, 5.74) is 2.78. The monoisotopic (exact) mass is 412 g/mol. The topological polar surface area (TPSA) is 66.0 Å². The van der Waals surface area contributed by atoms with Gasteiger partial charge in [0, 0.05) is 41.6 Å². The van der Waals surface area contributed by atoms with Crippen LogP contribution in [0.4, 0.5) is 17.5 Å². The van der Waals surface area contributed by atoms with Gasteiger partial charge in [-0.3, -0.25) is 4.98 Å². The summed E-state index contributed by atoms with van der Waals surface area (Å²) in [5.74, 6) is 1.32. The summed E-state index contributed by atoms with van der Waals surface area (Å²) in [5, 5.41) is 6.65. The van der Waals surface area contributed by atoms with Crippen LogP contribution in [0, 0.1) is 0 Å². The van der Waals surface area contributed by atoms with E-state index in [0.29, 0.717) is 5.95 Å². The molecule has 2 heterocycles. The van der Waals surface area contributed by atoms with Crippen molar-refractivity contribution in [3.63, 3.8) is 0 Å². The van der Waals surface area contributed by atoms with Crippen molar-refractivity contribution < 1.29 is 0 Å². The third kappa shape index (κ3) is 5.00. The van der Waals surface area contributed by atoms with Crippen LogP contribution in [0.15, 0.2) is 59.3 Å². The first-order valence-electron chi connectivity index (χ1n) is 8.31. The number of nitrogens with one attached hydrogen (secondary N) is 2. The van der Waals surface area contributed by atoms with E-state index in [0.717, 1.165) is 40.3 Å². The molecule has 6 nitrogen and oxygen atoms in total. The number of hydrogen-bond donors (Lipinski definition) is 2. The molecular weight excluding hydrogens is 392 g/mol. The zero-order chi connectivity index (χ0) is 18.4. The molecule has 7 heteroatoms. The molecule has 0 spiro atoms. The van der Waals surface area contributed by atoms with Crippen molar-refractivity contribution in [2.45, 2.75) is 0 Å². The molecule has 0 amide bonds. The van der Waals surface area contributed by atoms with E-state index < -0.39 is 0 Å². The zero-order valence-electron chi connectivity index (χ0n) is 14.8. The van der Waals surface area contributed by atoms with E-state index in [9.17, 15) is 0 Å². The molecule has 0 saturated heterocycles. The fourth-order valence-corrected chi connectivity index (χ4v) is 2.74. The molecule has 0 bridgehead atoms. The predicted molar refractivity (Wildman–Crippen MR) is 110 cm³/mol. The average molecular weight is 413 g/mol. The Kier molecular flexibility index (Phi) is 6.14. The van der Waals surface area contributed by atoms with Crippen molar-refractivity contribution in [3.05, 3.63) is 59.3 Å². The Bertz CT molecular complexity index is 854. The van der Waals surface area contributed by atoms with Gasteiger partial charge in [-0.25, -0.2) is 4.98 Å². The Labute approximate surface area is 161 Å². The van der Waals surface area contributed by atoms with E-state index in [4.69, 9.17) is 0 Å². The number of rotatable bonds is 7. The summed E-state index contributed by atoms with van der Waals surface area (Å²) in [6, 6.07) is 13.8. The van der Waals surface area contributed by atoms with Crippen molar-refractivity contribution in [2.24, 2.45) is 0 Å². The molecule has 3 aromatic rings. The van der Waals surface area contributed by atoms with Crippen LogP contribution in [-0.2, 0) is 0 Å². The van der Waals surface area contributed by atoms with Crippen LogP contribution in [0.1, 0.15) is 0 Å². The first-order chi connectivity index (χ1) is 12.6. The third-order valence-electron chi connectivity index (χ3n) is 3.68. The summed E-state index contributed by atoms with van der Waals surface area (Å²) >= 11 is 3.56. The summed E-state index contributed by atoms with van der Waals surface area (Å²) in [4.78, 5) is 15.4. The van der Waals surface area contributed by atoms with Crippen LogP contribution < -0.4 is 10.6 Å². The zero-order valence-corrected chi connectivity index (χ0v) is 16.4. The number of halogens is 1. The van der Waals surface area contributed by atoms with Gasteiger partial charge in [0.25, 0.3) is 0 Å². The Balaban J connectivity index is 1.90. The summed E-state index contributed by atoms with van der Waals surface area (Å²) in [6.45, 7) is 1.66. The Morgan fingerprint density at radius 3 is 2.54 bits per heavy atom. The molecule has 1 aromatic carbocycles. The van der Waals surface area contributed by atoms with E-state index in [2.05, 4.69) is 46.4 Å². The molecule has 2 N–H and O–H groups in total. The molecule has 134 valence electrons. The highest BCUT2D eigenvalue weighted by Gasteiger charge is 2.08. The van der Waals surface area contributed by atoms with Gasteiger partial charge in [-0.1, -0.05) is 12.1 Å². The van der Waals surface area contributed by atoms with Crippen LogP contribution in [0.5, 0.6) is 0 Å². The summed E-state index contributed by atoms with van der Waals surface area (Å²) in [7, 11) is 4.08. The van der Waals surface area contributed by atoms with Gasteiger partial charge in [0.05, 0.1) is 11.4 Å². The number of para-hydroxylation sites is 1. The number of likely N-dealkylation sites (N-methyl/N-ethyl adjacent to an activating group) is 1. The van der Waals surface area contributed by atoms with Crippen LogP contribution in [0.25, 0.3) is 11.3 Å². The number of aromatic nitrogens is 3. The van der Waals surface area contributed by atoms with E-state index >= 15 is 0 Å². The van der Waals surface area contributed by atoms with Crippen molar-refractivity contribution in [1.82, 2.24) is 19.9 Å². The van der Waals surface area contributed by atoms with Gasteiger partial charge in [-0.15, -0.1) is 0 Å². The molecule has 2 aromatic heterocycles. The molecule has 0 radical (unpaired) electrons. The Morgan fingerprint density at radius 2 is 1.81 bits per heavy atom. The second-order valence-electron chi connectivity index (χ2n) is 6.03. The largest absolute Gasteiger partial charge is 0.353 e. The van der Waals surface area contributed by atoms with E-state index in [1.54, 1.807) is 12.4 Å². The Morgan fingerprint density at radius 1 is 1.04 bits per heavy atom. The number of anilines is 3. The van der Waals surface area contributed by atoms with Crippen molar-refractivity contribution in [3.8, 4) is 11.3 Å². The molecule has 0 aliphatic heterocycles. The highest BCUT2D eigenvalue weighted by atomic mass is 79.9. The molecule has 0 aliphatic carbocycles. The second kappa shape index (κ2) is 8.73. The standard InChI is InChI=1S/C19H21BrN6/c1-26(2)12-11-22-19-24-17(14-7-9-21-10-8-14)13-18(25-19)23-16-6-4-3-5-15(16)20/h3-10,13H,11-12H2,1-2H3,(H2,22,23,24,25). The van der Waals surface area contributed by atoms with Crippen LogP contribution >= 0.6 is 15.9 Å². The smallest absolute Gasteiger partial charge is 0.225 e. The molecule has 26 heavy (non-hydrogen) atoms. The minimum absolute atomic E-state index is 0.593. The van der Waals surface area contributed by atoms with Crippen molar-refractivity contribution >= 4 is 33.4 Å². The number of pyridine rings is 1. The van der Waals surface area contributed by atoms with Crippen molar-refractivity contribution in [2.75, 3.05) is 37.8 Å². The molecule has 3 rings (SSSR count). The van der Waals surface area contributed by atoms with Gasteiger partial charge in [-0.05, 0) is 54.3 Å². The van der Waals surface area contributed by atoms with Gasteiger partial charge >= 0.3 is 0 Å². The maximum atomic E-state index is 4.64. The lowest BCUT2D eigenvalue weighted by Gasteiger charge is -2.14. The maximum Gasteiger partial charge on any atom is 0.225 e. The number of nitrogens with zero attached hydrogens (tertiary/aromatic N) is 4. The van der Waals surface area contributed by atoms with Gasteiger partial charge < -0.3 is 15.5 Å². The van der Waals surface area contributed by atoms with Gasteiger partial charge in [0.2, 0.25) is 5.95 Å². The van der Waals surface area contributed by atoms with E-state index in [1.807, 2.05) is 56.6 Å². The average Bonchev–Trinajstić information content (AvgIpc) is 2.64. The number of hydrogen-bond acceptors (Lipinski definition) is 6. The number of benzene rings is 1. The normalized spacial score (nSPS) is 10.8. The first kappa shape index (κ1) is 18.3. The fourth-order valence-electron chi connectivity index (χ4n) is 2.35. The van der Waals surface area contributed by atoms with Gasteiger partial charge in [0.15, 0.2) is 0 Å². The van der Waals surface area contributed by atoms with Crippen LogP contribution in [0.2, 0.25) is 0 Å². The van der Waals surface area contributed by atoms with Crippen LogP contribution in [0.3, 0.4) is 0 Å².